The first kappa shape index (κ1) is 22.7. The third-order valence-corrected chi connectivity index (χ3v) is 5.19. The molecule has 0 aliphatic carbocycles. The van der Waals surface area contributed by atoms with E-state index in [4.69, 9.17) is 19.3 Å². The number of alkyl carbamates (subject to hydrolysis) is 1. The van der Waals surface area contributed by atoms with Gasteiger partial charge in [0.05, 0.1) is 6.04 Å². The van der Waals surface area contributed by atoms with Crippen LogP contribution >= 0.6 is 7.60 Å². The van der Waals surface area contributed by atoms with Crippen LogP contribution in [0.25, 0.3) is 5.53 Å². The maximum Gasteiger partial charge on any atom is 0.446 e. The Morgan fingerprint density at radius 2 is 1.74 bits per heavy atom. The van der Waals surface area contributed by atoms with Crippen molar-refractivity contribution >= 4 is 24.9 Å². The molecule has 0 saturated carbocycles. The molecule has 0 bridgehead atoms. The number of hydrogen-bond donors (Lipinski definition) is 1. The van der Waals surface area contributed by atoms with E-state index in [1.54, 1.807) is 51.1 Å². The molecule has 1 atom stereocenters. The minimum atomic E-state index is -4.06. The standard InChI is InChI=1S/C17H24N3O6P/c1-17(2,3)26-16(22)19-13(12-9-7-6-8-10-12)11-14(21)15(20-18)27(23,24-4)25-5/h6-10,13H,11H2,1-5H3,(H,19,22)/t13-/m1/s1. The van der Waals surface area contributed by atoms with Gasteiger partial charge in [-0.25, -0.2) is 9.36 Å². The molecule has 0 aromatic heterocycles. The number of nitrogens with zero attached hydrogens (tertiary/aromatic N) is 2. The van der Waals surface area contributed by atoms with Crippen molar-refractivity contribution in [1.82, 2.24) is 5.32 Å². The zero-order valence-corrected chi connectivity index (χ0v) is 16.9. The SMILES string of the molecule is COP(=O)(OC)C(=[N+]=[N-])C(=O)C[C@@H](NC(=O)OC(C)(C)C)c1ccccc1. The summed E-state index contributed by atoms with van der Waals surface area (Å²) in [6, 6.07) is 7.85. The summed E-state index contributed by atoms with van der Waals surface area (Å²) in [6.07, 6.45) is -1.08. The van der Waals surface area contributed by atoms with Crippen molar-refractivity contribution in [3.8, 4) is 0 Å². The number of amides is 1. The normalized spacial score (nSPS) is 12.6. The van der Waals surface area contributed by atoms with Gasteiger partial charge in [0.25, 0.3) is 5.78 Å². The summed E-state index contributed by atoms with van der Waals surface area (Å²) in [5, 5.41) is 2.60. The lowest BCUT2D eigenvalue weighted by Gasteiger charge is -2.23. The van der Waals surface area contributed by atoms with Crippen LogP contribution in [0.4, 0.5) is 4.79 Å². The van der Waals surface area contributed by atoms with Gasteiger partial charge in [-0.05, 0) is 26.3 Å². The van der Waals surface area contributed by atoms with Gasteiger partial charge in [-0.3, -0.25) is 4.79 Å². The van der Waals surface area contributed by atoms with Crippen LogP contribution in [0.3, 0.4) is 0 Å². The van der Waals surface area contributed by atoms with Crippen molar-refractivity contribution in [2.75, 3.05) is 14.2 Å². The van der Waals surface area contributed by atoms with Crippen LogP contribution in [0.2, 0.25) is 0 Å². The molecule has 0 radical (unpaired) electrons. The fourth-order valence-corrected chi connectivity index (χ4v) is 3.18. The first-order valence-corrected chi connectivity index (χ1v) is 9.62. The number of hydrogen-bond acceptors (Lipinski definition) is 6. The van der Waals surface area contributed by atoms with E-state index in [-0.39, 0.29) is 6.42 Å². The molecule has 1 rings (SSSR count). The highest BCUT2D eigenvalue weighted by atomic mass is 31.2. The monoisotopic (exact) mass is 397 g/mol. The van der Waals surface area contributed by atoms with Gasteiger partial charge >= 0.3 is 19.1 Å². The molecule has 0 aliphatic heterocycles. The van der Waals surface area contributed by atoms with Crippen molar-refractivity contribution in [3.63, 3.8) is 0 Å². The van der Waals surface area contributed by atoms with Crippen LogP contribution in [-0.2, 0) is 23.1 Å². The van der Waals surface area contributed by atoms with Crippen LogP contribution in [0.15, 0.2) is 30.3 Å². The number of ether oxygens (including phenoxy) is 1. The van der Waals surface area contributed by atoms with Gasteiger partial charge < -0.3 is 24.6 Å². The fourth-order valence-electron chi connectivity index (χ4n) is 2.17. The van der Waals surface area contributed by atoms with E-state index in [9.17, 15) is 14.2 Å². The molecular weight excluding hydrogens is 373 g/mol. The molecule has 148 valence electrons. The summed E-state index contributed by atoms with van der Waals surface area (Å²) in [5.74, 6) is -0.811. The van der Waals surface area contributed by atoms with Crippen molar-refractivity contribution < 1.29 is 32.7 Å². The Hall–Kier alpha value is -2.31. The first-order chi connectivity index (χ1) is 12.6. The van der Waals surface area contributed by atoms with E-state index >= 15 is 0 Å². The highest BCUT2D eigenvalue weighted by Crippen LogP contribution is 2.48. The van der Waals surface area contributed by atoms with Gasteiger partial charge in [0, 0.05) is 20.6 Å². The summed E-state index contributed by atoms with van der Waals surface area (Å²) < 4.78 is 27.0. The highest BCUT2D eigenvalue weighted by Gasteiger charge is 2.44. The minimum absolute atomic E-state index is 0.348. The van der Waals surface area contributed by atoms with E-state index in [0.717, 1.165) is 14.2 Å². The first-order valence-electron chi connectivity index (χ1n) is 8.08. The zero-order chi connectivity index (χ0) is 20.7. The number of carbonyl (C=O) groups is 2. The maximum absolute atomic E-state index is 12.6. The second-order valence-electron chi connectivity index (χ2n) is 6.52. The summed E-state index contributed by atoms with van der Waals surface area (Å²) in [7, 11) is -1.92. The molecule has 27 heavy (non-hydrogen) atoms. The van der Waals surface area contributed by atoms with Gasteiger partial charge in [-0.2, -0.15) is 4.79 Å². The highest BCUT2D eigenvalue weighted by molar-refractivity contribution is 7.74. The van der Waals surface area contributed by atoms with Crippen LogP contribution < -0.4 is 5.32 Å². The quantitative estimate of drug-likeness (QED) is 0.310. The van der Waals surface area contributed by atoms with Crippen molar-refractivity contribution in [1.29, 1.82) is 0 Å². The third kappa shape index (κ3) is 6.73. The molecule has 1 aromatic rings. The number of benzene rings is 1. The molecular formula is C17H24N3O6P. The average molecular weight is 397 g/mol. The number of rotatable bonds is 8. The zero-order valence-electron chi connectivity index (χ0n) is 16.0. The van der Waals surface area contributed by atoms with Crippen molar-refractivity contribution in [2.24, 2.45) is 0 Å². The summed E-state index contributed by atoms with van der Waals surface area (Å²) >= 11 is 0. The topological polar surface area (TPSA) is 127 Å². The number of ketones is 1. The van der Waals surface area contributed by atoms with Gasteiger partial charge in [0.2, 0.25) is 0 Å². The lowest BCUT2D eigenvalue weighted by Crippen LogP contribution is -2.36. The molecule has 1 N–H and O–H groups in total. The molecule has 0 fully saturated rings. The van der Waals surface area contributed by atoms with E-state index in [2.05, 4.69) is 10.1 Å². The lowest BCUT2D eigenvalue weighted by molar-refractivity contribution is -0.117. The lowest BCUT2D eigenvalue weighted by atomic mass is 10.0. The third-order valence-electron chi connectivity index (χ3n) is 3.37. The number of nitrogens with one attached hydrogen (secondary N) is 1. The van der Waals surface area contributed by atoms with Gasteiger partial charge in [0.15, 0.2) is 0 Å². The Kier molecular flexibility index (Phi) is 8.06. The van der Waals surface area contributed by atoms with E-state index in [0.29, 0.717) is 5.56 Å². The van der Waals surface area contributed by atoms with Crippen LogP contribution in [0.1, 0.15) is 38.8 Å². The Labute approximate surface area is 158 Å². The number of carbonyl (C=O) groups excluding carboxylic acids is 2. The Morgan fingerprint density at radius 3 is 2.19 bits per heavy atom. The molecule has 0 heterocycles. The molecule has 0 saturated heterocycles. The smallest absolute Gasteiger partial charge is 0.444 e. The Morgan fingerprint density at radius 1 is 1.19 bits per heavy atom. The van der Waals surface area contributed by atoms with Crippen molar-refractivity contribution in [3.05, 3.63) is 41.4 Å². The molecule has 0 aliphatic rings. The van der Waals surface area contributed by atoms with Crippen LogP contribution in [0, 0.1) is 0 Å². The fraction of sp³-hybridized carbons (Fsp3) is 0.471. The van der Waals surface area contributed by atoms with Gasteiger partial charge in [-0.1, -0.05) is 30.3 Å². The van der Waals surface area contributed by atoms with E-state index in [1.165, 1.54) is 0 Å². The second kappa shape index (κ2) is 9.58. The maximum atomic E-state index is 12.6. The molecule has 0 spiro atoms. The molecule has 1 aromatic carbocycles. The Bertz CT molecular complexity index is 761. The Balaban J connectivity index is 3.11. The second-order valence-corrected chi connectivity index (χ2v) is 8.67. The van der Waals surface area contributed by atoms with Gasteiger partial charge in [-0.15, -0.1) is 0 Å². The summed E-state index contributed by atoms with van der Waals surface area (Å²) in [6.45, 7) is 5.12. The van der Waals surface area contributed by atoms with Gasteiger partial charge in [0.1, 0.15) is 5.60 Å². The predicted molar refractivity (Wildman–Crippen MR) is 98.4 cm³/mol. The molecule has 9 nitrogen and oxygen atoms in total. The van der Waals surface area contributed by atoms with Crippen LogP contribution in [0.5, 0.6) is 0 Å². The predicted octanol–water partition coefficient (Wildman–Crippen LogP) is 3.33. The minimum Gasteiger partial charge on any atom is -0.444 e. The largest absolute Gasteiger partial charge is 0.446 e. The molecule has 1 amide bonds. The van der Waals surface area contributed by atoms with Crippen LogP contribution in [-0.4, -0.2) is 41.9 Å². The molecule has 0 unspecified atom stereocenters. The summed E-state index contributed by atoms with van der Waals surface area (Å²) in [4.78, 5) is 27.5. The van der Waals surface area contributed by atoms with E-state index < -0.39 is 36.6 Å². The van der Waals surface area contributed by atoms with E-state index in [1.807, 2.05) is 0 Å². The van der Waals surface area contributed by atoms with Crippen molar-refractivity contribution in [2.45, 2.75) is 38.8 Å². The summed E-state index contributed by atoms with van der Waals surface area (Å²) in [5.41, 5.74) is 8.27. The molecule has 10 heteroatoms. The number of Topliss-reactive ketones (excluding diaryl/α,β-unsaturated/α-hetero) is 1. The average Bonchev–Trinajstić information content (AvgIpc) is 2.60.